The summed E-state index contributed by atoms with van der Waals surface area (Å²) in [4.78, 5) is 2.47. The molecule has 0 aromatic heterocycles. The van der Waals surface area contributed by atoms with E-state index >= 15 is 0 Å². The van der Waals surface area contributed by atoms with E-state index in [1.807, 2.05) is 0 Å². The Morgan fingerprint density at radius 1 is 0.552 bits per heavy atom. The van der Waals surface area contributed by atoms with Crippen molar-refractivity contribution in [3.63, 3.8) is 0 Å². The summed E-state index contributed by atoms with van der Waals surface area (Å²) in [5.41, 5.74) is 11.8. The van der Waals surface area contributed by atoms with Crippen LogP contribution in [0.4, 0.5) is 17.1 Å². The van der Waals surface area contributed by atoms with E-state index in [0.717, 1.165) is 12.8 Å². The summed E-state index contributed by atoms with van der Waals surface area (Å²) in [7, 11) is 0. The van der Waals surface area contributed by atoms with E-state index < -0.39 is 0 Å². The molecule has 0 radical (unpaired) electrons. The molecule has 0 aliphatic carbocycles. The first kappa shape index (κ1) is 17.8. The third-order valence-electron chi connectivity index (χ3n) is 5.85. The van der Waals surface area contributed by atoms with Crippen LogP contribution in [0.15, 0.2) is 91.0 Å². The van der Waals surface area contributed by atoms with Crippen LogP contribution in [-0.2, 0) is 12.8 Å². The largest absolute Gasteiger partial charge is 0.309 e. The van der Waals surface area contributed by atoms with Crippen LogP contribution in [0.25, 0.3) is 11.1 Å². The maximum atomic E-state index is 2.47. The van der Waals surface area contributed by atoms with Gasteiger partial charge < -0.3 is 4.90 Å². The lowest BCUT2D eigenvalue weighted by molar-refractivity contribution is 0.973. The molecule has 0 fully saturated rings. The Labute approximate surface area is 173 Å². The maximum Gasteiger partial charge on any atom is 0.0540 e. The second-order valence-electron chi connectivity index (χ2n) is 7.98. The number of hydrogen-bond acceptors (Lipinski definition) is 1. The number of para-hydroxylation sites is 1. The lowest BCUT2D eigenvalue weighted by Crippen LogP contribution is -2.13. The highest BCUT2D eigenvalue weighted by Gasteiger charge is 2.24. The summed E-state index contributed by atoms with van der Waals surface area (Å²) in [5, 5.41) is 0. The molecule has 4 aromatic rings. The molecule has 5 rings (SSSR count). The van der Waals surface area contributed by atoms with Gasteiger partial charge in [0.25, 0.3) is 0 Å². The normalized spacial score (nSPS) is 12.8. The van der Waals surface area contributed by atoms with Crippen LogP contribution in [-0.4, -0.2) is 0 Å². The van der Waals surface area contributed by atoms with E-state index in [4.69, 9.17) is 0 Å². The monoisotopic (exact) mass is 375 g/mol. The van der Waals surface area contributed by atoms with Crippen LogP contribution in [0, 0.1) is 13.8 Å². The van der Waals surface area contributed by atoms with Crippen LogP contribution < -0.4 is 4.90 Å². The Bertz CT molecular complexity index is 1120. The van der Waals surface area contributed by atoms with Crippen molar-refractivity contribution in [2.45, 2.75) is 26.7 Å². The van der Waals surface area contributed by atoms with Crippen molar-refractivity contribution in [1.29, 1.82) is 0 Å². The van der Waals surface area contributed by atoms with Crippen LogP contribution in [0.5, 0.6) is 0 Å². The minimum atomic E-state index is 1.07. The van der Waals surface area contributed by atoms with Crippen molar-refractivity contribution in [2.24, 2.45) is 0 Å². The number of rotatable bonds is 2. The molecule has 0 bridgehead atoms. The molecule has 0 atom stereocenters. The second kappa shape index (κ2) is 7.25. The smallest absolute Gasteiger partial charge is 0.0540 e. The zero-order valence-corrected chi connectivity index (χ0v) is 17.0. The summed E-state index contributed by atoms with van der Waals surface area (Å²) < 4.78 is 0. The fourth-order valence-electron chi connectivity index (χ4n) is 4.45. The minimum Gasteiger partial charge on any atom is -0.309 e. The van der Waals surface area contributed by atoms with Crippen molar-refractivity contribution >= 4 is 17.1 Å². The van der Waals surface area contributed by atoms with Crippen LogP contribution in [0.1, 0.15) is 22.3 Å². The van der Waals surface area contributed by atoms with E-state index in [1.54, 1.807) is 0 Å². The molecule has 1 heteroatoms. The molecule has 0 N–H and O–H groups in total. The predicted octanol–water partition coefficient (Wildman–Crippen LogP) is 7.54. The predicted molar refractivity (Wildman–Crippen MR) is 123 cm³/mol. The van der Waals surface area contributed by atoms with Gasteiger partial charge >= 0.3 is 0 Å². The number of fused-ring (bicyclic) bond motifs is 2. The average Bonchev–Trinajstić information content (AvgIpc) is 2.90. The van der Waals surface area contributed by atoms with Gasteiger partial charge in [0, 0.05) is 16.9 Å². The highest BCUT2D eigenvalue weighted by atomic mass is 15.2. The van der Waals surface area contributed by atoms with Gasteiger partial charge in [0.2, 0.25) is 0 Å². The van der Waals surface area contributed by atoms with Gasteiger partial charge in [0.05, 0.1) is 5.69 Å². The summed E-state index contributed by atoms with van der Waals surface area (Å²) >= 11 is 0. The van der Waals surface area contributed by atoms with Crippen LogP contribution in [0.2, 0.25) is 0 Å². The summed E-state index contributed by atoms with van der Waals surface area (Å²) in [6, 6.07) is 33.2. The quantitative estimate of drug-likeness (QED) is 0.350. The number of anilines is 3. The van der Waals surface area contributed by atoms with Crippen molar-refractivity contribution in [3.05, 3.63) is 113 Å². The third kappa shape index (κ3) is 3.23. The molecule has 142 valence electrons. The lowest BCUT2D eigenvalue weighted by atomic mass is 10.0. The van der Waals surface area contributed by atoms with E-state index in [1.165, 1.54) is 50.4 Å². The first-order valence-electron chi connectivity index (χ1n) is 10.3. The average molecular weight is 376 g/mol. The fraction of sp³-hybridized carbons (Fsp3) is 0.143. The molecule has 1 nitrogen and oxygen atoms in total. The molecule has 1 heterocycles. The summed E-state index contributed by atoms with van der Waals surface area (Å²) in [6.07, 6.45) is 2.13. The van der Waals surface area contributed by atoms with Crippen molar-refractivity contribution in [2.75, 3.05) is 4.90 Å². The van der Waals surface area contributed by atoms with Gasteiger partial charge in [-0.25, -0.2) is 0 Å². The van der Waals surface area contributed by atoms with Crippen molar-refractivity contribution in [1.82, 2.24) is 0 Å². The zero-order chi connectivity index (χ0) is 19.8. The Balaban J connectivity index is 1.80. The van der Waals surface area contributed by atoms with Crippen molar-refractivity contribution in [3.8, 4) is 11.1 Å². The molecular weight excluding hydrogens is 350 g/mol. The molecule has 0 saturated heterocycles. The highest BCUT2D eigenvalue weighted by Crippen LogP contribution is 2.45. The molecule has 0 unspecified atom stereocenters. The fourth-order valence-corrected chi connectivity index (χ4v) is 4.45. The SMILES string of the molecule is Cc1ccc2c(c1)CCc1cc(C)ccc1N2c1ccccc1-c1ccccc1. The van der Waals surface area contributed by atoms with E-state index in [9.17, 15) is 0 Å². The van der Waals surface area contributed by atoms with Gasteiger partial charge in [-0.3, -0.25) is 0 Å². The molecule has 0 spiro atoms. The first-order valence-corrected chi connectivity index (χ1v) is 10.3. The maximum absolute atomic E-state index is 2.47. The molecule has 0 amide bonds. The standard InChI is InChI=1S/C28H25N/c1-20-12-16-26-23(18-20)14-15-24-19-21(2)13-17-27(24)29(26)28-11-7-6-10-25(28)22-8-4-3-5-9-22/h3-13,16-19H,14-15H2,1-2H3. The Morgan fingerprint density at radius 3 is 1.72 bits per heavy atom. The van der Waals surface area contributed by atoms with Crippen molar-refractivity contribution < 1.29 is 0 Å². The molecule has 1 aliphatic heterocycles. The Hall–Kier alpha value is -3.32. The number of nitrogens with zero attached hydrogens (tertiary/aromatic N) is 1. The topological polar surface area (TPSA) is 3.24 Å². The van der Waals surface area contributed by atoms with Crippen LogP contribution in [0.3, 0.4) is 0 Å². The molecule has 0 saturated carbocycles. The van der Waals surface area contributed by atoms with Gasteiger partial charge in [-0.05, 0) is 61.6 Å². The minimum absolute atomic E-state index is 1.07. The van der Waals surface area contributed by atoms with Gasteiger partial charge in [-0.2, -0.15) is 0 Å². The highest BCUT2D eigenvalue weighted by molar-refractivity contribution is 5.90. The molecule has 1 aliphatic rings. The second-order valence-corrected chi connectivity index (χ2v) is 7.98. The molecular formula is C28H25N. The molecule has 4 aromatic carbocycles. The van der Waals surface area contributed by atoms with E-state index in [0.29, 0.717) is 0 Å². The van der Waals surface area contributed by atoms with Gasteiger partial charge in [0.15, 0.2) is 0 Å². The van der Waals surface area contributed by atoms with E-state index in [-0.39, 0.29) is 0 Å². The van der Waals surface area contributed by atoms with Gasteiger partial charge in [-0.1, -0.05) is 83.9 Å². The first-order chi connectivity index (χ1) is 14.2. The lowest BCUT2D eigenvalue weighted by Gasteiger charge is -2.29. The summed E-state index contributed by atoms with van der Waals surface area (Å²) in [5.74, 6) is 0. The zero-order valence-electron chi connectivity index (χ0n) is 17.0. The Morgan fingerprint density at radius 2 is 1.10 bits per heavy atom. The number of benzene rings is 4. The number of hydrogen-bond donors (Lipinski definition) is 0. The summed E-state index contributed by atoms with van der Waals surface area (Å²) in [6.45, 7) is 4.37. The van der Waals surface area contributed by atoms with Crippen LogP contribution >= 0.6 is 0 Å². The van der Waals surface area contributed by atoms with Gasteiger partial charge in [0.1, 0.15) is 0 Å². The Kier molecular flexibility index (Phi) is 4.44. The van der Waals surface area contributed by atoms with Gasteiger partial charge in [-0.15, -0.1) is 0 Å². The third-order valence-corrected chi connectivity index (χ3v) is 5.85. The van der Waals surface area contributed by atoms with E-state index in [2.05, 4.69) is 110 Å². The molecule has 29 heavy (non-hydrogen) atoms. The number of aryl methyl sites for hydroxylation is 4.